The van der Waals surface area contributed by atoms with Gasteiger partial charge in [0.25, 0.3) is 5.78 Å². The van der Waals surface area contributed by atoms with Gasteiger partial charge in [0, 0.05) is 6.42 Å². The second kappa shape index (κ2) is 6.86. The lowest BCUT2D eigenvalue weighted by atomic mass is 10.1. The summed E-state index contributed by atoms with van der Waals surface area (Å²) in [6, 6.07) is 9.42. The number of ether oxygens (including phenoxy) is 1. The molecule has 0 spiro atoms. The van der Waals surface area contributed by atoms with E-state index >= 15 is 0 Å². The molecule has 1 aromatic carbocycles. The zero-order valence-corrected chi connectivity index (χ0v) is 12.9. The molecule has 0 aliphatic carbocycles. The number of nitrogens with one attached hydrogen (secondary N) is 1. The first-order valence-electron chi connectivity index (χ1n) is 7.16. The number of ketones is 2. The highest BCUT2D eigenvalue weighted by Gasteiger charge is 2.22. The fourth-order valence-corrected chi connectivity index (χ4v) is 2.21. The van der Waals surface area contributed by atoms with E-state index in [1.165, 1.54) is 0 Å². The maximum Gasteiger partial charge on any atom is 0.269 e. The van der Waals surface area contributed by atoms with E-state index < -0.39 is 11.6 Å². The summed E-state index contributed by atoms with van der Waals surface area (Å²) in [5, 5.41) is 12.4. The molecule has 0 bridgehead atoms. The van der Waals surface area contributed by atoms with E-state index in [-0.39, 0.29) is 12.2 Å². The summed E-state index contributed by atoms with van der Waals surface area (Å²) in [5.41, 5.74) is 1.99. The van der Waals surface area contributed by atoms with Crippen LogP contribution in [0.25, 0.3) is 0 Å². The highest BCUT2D eigenvalue weighted by Crippen LogP contribution is 2.17. The standard InChI is InChI=1S/C16H14N4O4/c1-23-12-4-2-10(3-5-12)6-11-7-13(24-9-11)8-14(21)15(22)16-17-19-20-18-16/h2-5,7,9H,6,8H2,1H3,(H,17,18,19,20). The van der Waals surface area contributed by atoms with Crippen LogP contribution >= 0.6 is 0 Å². The number of rotatable bonds is 7. The zero-order valence-electron chi connectivity index (χ0n) is 12.9. The molecule has 2 aromatic heterocycles. The van der Waals surface area contributed by atoms with E-state index in [0.717, 1.165) is 16.9 Å². The third-order valence-electron chi connectivity index (χ3n) is 3.41. The van der Waals surface area contributed by atoms with Crippen LogP contribution in [-0.2, 0) is 17.6 Å². The molecular weight excluding hydrogens is 312 g/mol. The molecule has 8 heteroatoms. The lowest BCUT2D eigenvalue weighted by Crippen LogP contribution is -2.18. The van der Waals surface area contributed by atoms with E-state index in [2.05, 4.69) is 20.6 Å². The first-order chi connectivity index (χ1) is 11.7. The smallest absolute Gasteiger partial charge is 0.269 e. The summed E-state index contributed by atoms with van der Waals surface area (Å²) in [5.74, 6) is -0.485. The van der Waals surface area contributed by atoms with Crippen LogP contribution in [0.3, 0.4) is 0 Å². The van der Waals surface area contributed by atoms with Gasteiger partial charge in [0.2, 0.25) is 11.6 Å². The highest BCUT2D eigenvalue weighted by molar-refractivity contribution is 6.42. The van der Waals surface area contributed by atoms with Gasteiger partial charge in [-0.1, -0.05) is 12.1 Å². The van der Waals surface area contributed by atoms with Gasteiger partial charge in [0.1, 0.15) is 11.5 Å². The van der Waals surface area contributed by atoms with E-state index in [0.29, 0.717) is 12.2 Å². The molecule has 24 heavy (non-hydrogen) atoms. The van der Waals surface area contributed by atoms with Crippen molar-refractivity contribution in [2.75, 3.05) is 7.11 Å². The molecule has 122 valence electrons. The second-order valence-corrected chi connectivity index (χ2v) is 5.11. The summed E-state index contributed by atoms with van der Waals surface area (Å²) in [4.78, 5) is 23.7. The van der Waals surface area contributed by atoms with Gasteiger partial charge in [-0.3, -0.25) is 9.59 Å². The molecule has 0 radical (unpaired) electrons. The molecule has 0 fully saturated rings. The van der Waals surface area contributed by atoms with E-state index in [4.69, 9.17) is 9.15 Å². The average molecular weight is 326 g/mol. The largest absolute Gasteiger partial charge is 0.497 e. The van der Waals surface area contributed by atoms with Gasteiger partial charge in [-0.05, 0) is 34.5 Å². The number of methoxy groups -OCH3 is 1. The molecule has 0 saturated heterocycles. The SMILES string of the molecule is COc1ccc(Cc2coc(CC(=O)C(=O)c3nn[nH]n3)c2)cc1. The quantitative estimate of drug-likeness (QED) is 0.516. The average Bonchev–Trinajstić information content (AvgIpc) is 3.27. The Bertz CT molecular complexity index is 837. The molecule has 3 rings (SSSR count). The number of carbonyl (C=O) groups excluding carboxylic acids is 2. The van der Waals surface area contributed by atoms with Crippen LogP contribution in [-0.4, -0.2) is 39.3 Å². The van der Waals surface area contributed by atoms with Crippen molar-refractivity contribution in [2.45, 2.75) is 12.8 Å². The number of aromatic nitrogens is 4. The Labute approximate surface area is 136 Å². The minimum Gasteiger partial charge on any atom is -0.497 e. The van der Waals surface area contributed by atoms with Gasteiger partial charge in [-0.2, -0.15) is 5.21 Å². The fraction of sp³-hybridized carbons (Fsp3) is 0.188. The van der Waals surface area contributed by atoms with Crippen LogP contribution in [0, 0.1) is 0 Å². The van der Waals surface area contributed by atoms with Crippen molar-refractivity contribution in [3.05, 3.63) is 59.3 Å². The summed E-state index contributed by atoms with van der Waals surface area (Å²) < 4.78 is 10.5. The molecule has 2 heterocycles. The lowest BCUT2D eigenvalue weighted by Gasteiger charge is -2.01. The normalized spacial score (nSPS) is 10.5. The van der Waals surface area contributed by atoms with Gasteiger partial charge in [0.15, 0.2) is 0 Å². The summed E-state index contributed by atoms with van der Waals surface area (Å²) >= 11 is 0. The minimum atomic E-state index is -0.795. The number of carbonyl (C=O) groups is 2. The number of hydrogen-bond donors (Lipinski definition) is 1. The van der Waals surface area contributed by atoms with Gasteiger partial charge in [-0.15, -0.1) is 10.2 Å². The zero-order chi connectivity index (χ0) is 16.9. The maximum absolute atomic E-state index is 11.9. The lowest BCUT2D eigenvalue weighted by molar-refractivity contribution is -0.114. The Morgan fingerprint density at radius 3 is 2.67 bits per heavy atom. The fourth-order valence-electron chi connectivity index (χ4n) is 2.21. The minimum absolute atomic E-state index is 0.143. The Kier molecular flexibility index (Phi) is 4.46. The first-order valence-corrected chi connectivity index (χ1v) is 7.16. The van der Waals surface area contributed by atoms with Crippen molar-refractivity contribution in [1.29, 1.82) is 0 Å². The molecule has 0 amide bonds. The number of nitrogens with zero attached hydrogens (tertiary/aromatic N) is 3. The van der Waals surface area contributed by atoms with Crippen LogP contribution in [0.1, 0.15) is 27.5 Å². The number of tetrazole rings is 1. The van der Waals surface area contributed by atoms with Crippen LogP contribution < -0.4 is 4.74 Å². The van der Waals surface area contributed by atoms with Gasteiger partial charge < -0.3 is 9.15 Å². The van der Waals surface area contributed by atoms with Crippen molar-refractivity contribution in [3.63, 3.8) is 0 Å². The van der Waals surface area contributed by atoms with Crippen LogP contribution in [0.5, 0.6) is 5.75 Å². The maximum atomic E-state index is 11.9. The number of aromatic amines is 1. The van der Waals surface area contributed by atoms with Crippen molar-refractivity contribution in [2.24, 2.45) is 0 Å². The molecule has 0 atom stereocenters. The number of hydrogen-bond acceptors (Lipinski definition) is 7. The van der Waals surface area contributed by atoms with Crippen molar-refractivity contribution >= 4 is 11.6 Å². The van der Waals surface area contributed by atoms with Gasteiger partial charge in [0.05, 0.1) is 19.8 Å². The number of Topliss-reactive ketones (excluding diaryl/α,β-unsaturated/α-hetero) is 2. The Morgan fingerprint density at radius 2 is 2.00 bits per heavy atom. The molecule has 3 aromatic rings. The Hall–Kier alpha value is -3.29. The summed E-state index contributed by atoms with van der Waals surface area (Å²) in [6.07, 6.45) is 2.09. The van der Waals surface area contributed by atoms with Crippen molar-refractivity contribution in [3.8, 4) is 5.75 Å². The topological polar surface area (TPSA) is 111 Å². The van der Waals surface area contributed by atoms with E-state index in [1.807, 2.05) is 24.3 Å². The van der Waals surface area contributed by atoms with E-state index in [1.54, 1.807) is 19.4 Å². The summed E-state index contributed by atoms with van der Waals surface area (Å²) in [7, 11) is 1.62. The third kappa shape index (κ3) is 3.54. The predicted octanol–water partition coefficient (Wildman–Crippen LogP) is 1.39. The van der Waals surface area contributed by atoms with Gasteiger partial charge >= 0.3 is 0 Å². The molecule has 8 nitrogen and oxygen atoms in total. The van der Waals surface area contributed by atoms with Crippen LogP contribution in [0.2, 0.25) is 0 Å². The molecule has 0 saturated carbocycles. The van der Waals surface area contributed by atoms with Crippen LogP contribution in [0.4, 0.5) is 0 Å². The monoisotopic (exact) mass is 326 g/mol. The van der Waals surface area contributed by atoms with Gasteiger partial charge in [-0.25, -0.2) is 0 Å². The number of furan rings is 1. The third-order valence-corrected chi connectivity index (χ3v) is 3.41. The Morgan fingerprint density at radius 1 is 1.21 bits per heavy atom. The number of H-pyrrole nitrogens is 1. The molecule has 0 aliphatic rings. The molecule has 0 aliphatic heterocycles. The van der Waals surface area contributed by atoms with Crippen LogP contribution in [0.15, 0.2) is 41.0 Å². The summed E-state index contributed by atoms with van der Waals surface area (Å²) in [6.45, 7) is 0. The second-order valence-electron chi connectivity index (χ2n) is 5.11. The van der Waals surface area contributed by atoms with Crippen molar-refractivity contribution in [1.82, 2.24) is 20.6 Å². The van der Waals surface area contributed by atoms with E-state index in [9.17, 15) is 9.59 Å². The Balaban J connectivity index is 1.62. The molecule has 0 unspecified atom stereocenters. The van der Waals surface area contributed by atoms with Crippen molar-refractivity contribution < 1.29 is 18.7 Å². The number of benzene rings is 1. The highest BCUT2D eigenvalue weighted by atomic mass is 16.5. The molecule has 1 N–H and O–H groups in total. The predicted molar refractivity (Wildman–Crippen MR) is 81.7 cm³/mol. The first kappa shape index (κ1) is 15.6. The molecular formula is C16H14N4O4.